The van der Waals surface area contributed by atoms with E-state index in [4.69, 9.17) is 9.47 Å². The van der Waals surface area contributed by atoms with Crippen LogP contribution in [-0.2, 0) is 11.4 Å². The Hall–Kier alpha value is -3.83. The summed E-state index contributed by atoms with van der Waals surface area (Å²) >= 11 is 3.51. The number of carbonyl (C=O) groups excluding carboxylic acids is 1. The Labute approximate surface area is 218 Å². The lowest BCUT2D eigenvalue weighted by Crippen LogP contribution is -2.49. The largest absolute Gasteiger partial charge is 0.493 e. The van der Waals surface area contributed by atoms with Crippen molar-refractivity contribution in [1.82, 2.24) is 4.90 Å². The molecule has 0 atom stereocenters. The van der Waals surface area contributed by atoms with Gasteiger partial charge in [0, 0.05) is 36.3 Å². The fraction of sp³-hybridized carbons (Fsp3) is 0.214. The molecule has 184 valence electrons. The molecule has 1 aliphatic heterocycles. The molecule has 4 rings (SSSR count). The summed E-state index contributed by atoms with van der Waals surface area (Å²) in [5, 5.41) is 9.75. The van der Waals surface area contributed by atoms with Gasteiger partial charge in [-0.2, -0.15) is 5.26 Å². The van der Waals surface area contributed by atoms with Crippen LogP contribution in [0, 0.1) is 17.1 Å². The molecule has 0 N–H and O–H groups in total. The lowest BCUT2D eigenvalue weighted by molar-refractivity contribution is -0.126. The third-order valence-electron chi connectivity index (χ3n) is 5.93. The Bertz CT molecular complexity index is 1280. The van der Waals surface area contributed by atoms with E-state index in [1.807, 2.05) is 18.2 Å². The van der Waals surface area contributed by atoms with Gasteiger partial charge in [0.1, 0.15) is 24.1 Å². The zero-order valence-corrected chi connectivity index (χ0v) is 21.4. The molecule has 0 unspecified atom stereocenters. The summed E-state index contributed by atoms with van der Waals surface area (Å²) in [5.74, 6) is 0.323. The van der Waals surface area contributed by atoms with Crippen molar-refractivity contribution in [3.8, 4) is 17.6 Å². The number of amides is 1. The minimum atomic E-state index is -0.309. The number of para-hydroxylation sites is 1. The molecule has 1 aliphatic rings. The molecule has 0 saturated carbocycles. The average molecular weight is 550 g/mol. The summed E-state index contributed by atoms with van der Waals surface area (Å²) in [7, 11) is 1.52. The van der Waals surface area contributed by atoms with Gasteiger partial charge in [0.05, 0.1) is 7.11 Å². The lowest BCUT2D eigenvalue weighted by Gasteiger charge is -2.36. The van der Waals surface area contributed by atoms with Crippen LogP contribution < -0.4 is 14.4 Å². The van der Waals surface area contributed by atoms with Crippen LogP contribution in [0.15, 0.2) is 76.8 Å². The van der Waals surface area contributed by atoms with Gasteiger partial charge in [0.25, 0.3) is 5.91 Å². The van der Waals surface area contributed by atoms with Crippen molar-refractivity contribution in [2.75, 3.05) is 38.2 Å². The van der Waals surface area contributed by atoms with Gasteiger partial charge in [0.15, 0.2) is 11.5 Å². The Kier molecular flexibility index (Phi) is 8.24. The molecule has 0 bridgehead atoms. The predicted molar refractivity (Wildman–Crippen MR) is 140 cm³/mol. The highest BCUT2D eigenvalue weighted by Crippen LogP contribution is 2.35. The zero-order valence-electron chi connectivity index (χ0n) is 19.8. The van der Waals surface area contributed by atoms with Crippen molar-refractivity contribution in [2.24, 2.45) is 0 Å². The molecule has 1 saturated heterocycles. The third kappa shape index (κ3) is 6.04. The Balaban J connectivity index is 1.46. The quantitative estimate of drug-likeness (QED) is 0.290. The Morgan fingerprint density at radius 3 is 2.39 bits per heavy atom. The molecule has 0 spiro atoms. The molecule has 36 heavy (non-hydrogen) atoms. The van der Waals surface area contributed by atoms with Crippen LogP contribution in [0.4, 0.5) is 10.1 Å². The van der Waals surface area contributed by atoms with E-state index < -0.39 is 0 Å². The first-order valence-electron chi connectivity index (χ1n) is 11.4. The van der Waals surface area contributed by atoms with Crippen molar-refractivity contribution in [3.63, 3.8) is 0 Å². The summed E-state index contributed by atoms with van der Waals surface area (Å²) < 4.78 is 25.1. The van der Waals surface area contributed by atoms with E-state index in [1.165, 1.54) is 19.2 Å². The lowest BCUT2D eigenvalue weighted by atomic mass is 10.1. The second kappa shape index (κ2) is 11.7. The molecule has 0 aliphatic carbocycles. The number of hydrogen-bond acceptors (Lipinski definition) is 5. The third-order valence-corrected chi connectivity index (χ3v) is 6.62. The van der Waals surface area contributed by atoms with E-state index in [-0.39, 0.29) is 23.9 Å². The number of methoxy groups -OCH3 is 1. The summed E-state index contributed by atoms with van der Waals surface area (Å²) in [4.78, 5) is 17.0. The average Bonchev–Trinajstić information content (AvgIpc) is 2.92. The van der Waals surface area contributed by atoms with Crippen LogP contribution in [0.5, 0.6) is 11.5 Å². The van der Waals surface area contributed by atoms with Gasteiger partial charge in [0.2, 0.25) is 0 Å². The predicted octanol–water partition coefficient (Wildman–Crippen LogP) is 5.43. The number of hydrogen-bond donors (Lipinski definition) is 0. The molecular weight excluding hydrogens is 525 g/mol. The number of benzene rings is 3. The van der Waals surface area contributed by atoms with Crippen molar-refractivity contribution < 1.29 is 18.7 Å². The molecular formula is C28H25BrFN3O3. The number of anilines is 1. The normalized spacial score (nSPS) is 13.8. The van der Waals surface area contributed by atoms with E-state index >= 15 is 0 Å². The summed E-state index contributed by atoms with van der Waals surface area (Å²) in [6.07, 6.45) is 1.56. The molecule has 3 aromatic rings. The smallest absolute Gasteiger partial charge is 0.264 e. The van der Waals surface area contributed by atoms with E-state index in [1.54, 1.807) is 35.2 Å². The van der Waals surface area contributed by atoms with Crippen LogP contribution in [0.25, 0.3) is 6.08 Å². The number of rotatable bonds is 7. The van der Waals surface area contributed by atoms with Gasteiger partial charge in [-0.15, -0.1) is 0 Å². The van der Waals surface area contributed by atoms with Gasteiger partial charge < -0.3 is 19.3 Å². The standard InChI is InChI=1S/C28H25BrFN3O3/c1-35-26-16-21(25(29)17-27(26)36-19-20-7-9-23(30)10-8-20)15-22(18-31)28(34)33-13-11-32(12-14-33)24-5-3-2-4-6-24/h2-10,15-17H,11-14,19H2,1H3/b22-15-. The summed E-state index contributed by atoms with van der Waals surface area (Å²) in [5.41, 5.74) is 2.60. The second-order valence-electron chi connectivity index (χ2n) is 8.22. The molecule has 8 heteroatoms. The second-order valence-corrected chi connectivity index (χ2v) is 9.08. The van der Waals surface area contributed by atoms with E-state index in [0.717, 1.165) is 11.3 Å². The molecule has 6 nitrogen and oxygen atoms in total. The van der Waals surface area contributed by atoms with E-state index in [2.05, 4.69) is 39.0 Å². The van der Waals surface area contributed by atoms with Crippen LogP contribution >= 0.6 is 15.9 Å². The molecule has 0 radical (unpaired) electrons. The maximum atomic E-state index is 13.1. The SMILES string of the molecule is COc1cc(/C=C(/C#N)C(=O)N2CCN(c3ccccc3)CC2)c(Br)cc1OCc1ccc(F)cc1. The van der Waals surface area contributed by atoms with E-state index in [0.29, 0.717) is 47.7 Å². The van der Waals surface area contributed by atoms with Crippen LogP contribution in [0.3, 0.4) is 0 Å². The highest BCUT2D eigenvalue weighted by atomic mass is 79.9. The van der Waals surface area contributed by atoms with Crippen LogP contribution in [0.1, 0.15) is 11.1 Å². The Morgan fingerprint density at radius 2 is 1.75 bits per heavy atom. The maximum absolute atomic E-state index is 13.1. The Morgan fingerprint density at radius 1 is 1.06 bits per heavy atom. The van der Waals surface area contributed by atoms with Gasteiger partial charge in [-0.1, -0.05) is 46.3 Å². The van der Waals surface area contributed by atoms with Crippen molar-refractivity contribution in [2.45, 2.75) is 6.61 Å². The van der Waals surface area contributed by atoms with Crippen molar-refractivity contribution in [1.29, 1.82) is 5.26 Å². The minimum Gasteiger partial charge on any atom is -0.493 e. The molecule has 1 fully saturated rings. The first-order chi connectivity index (χ1) is 17.5. The minimum absolute atomic E-state index is 0.0471. The molecule has 3 aromatic carbocycles. The number of nitrogens with zero attached hydrogens (tertiary/aromatic N) is 3. The van der Waals surface area contributed by atoms with E-state index in [9.17, 15) is 14.4 Å². The number of ether oxygens (including phenoxy) is 2. The number of carbonyl (C=O) groups is 1. The summed E-state index contributed by atoms with van der Waals surface area (Å²) in [6.45, 7) is 2.70. The topological polar surface area (TPSA) is 65.8 Å². The number of piperazine rings is 1. The van der Waals surface area contributed by atoms with Gasteiger partial charge >= 0.3 is 0 Å². The number of halogens is 2. The highest BCUT2D eigenvalue weighted by molar-refractivity contribution is 9.10. The maximum Gasteiger partial charge on any atom is 0.264 e. The zero-order chi connectivity index (χ0) is 25.5. The highest BCUT2D eigenvalue weighted by Gasteiger charge is 2.24. The summed E-state index contributed by atoms with van der Waals surface area (Å²) in [6, 6.07) is 21.6. The first-order valence-corrected chi connectivity index (χ1v) is 12.2. The first kappa shape index (κ1) is 25.3. The van der Waals surface area contributed by atoms with Gasteiger partial charge in [-0.05, 0) is 53.6 Å². The molecule has 1 amide bonds. The number of nitriles is 1. The fourth-order valence-corrected chi connectivity index (χ4v) is 4.39. The molecule has 0 aromatic heterocycles. The van der Waals surface area contributed by atoms with Crippen LogP contribution in [-0.4, -0.2) is 44.1 Å². The van der Waals surface area contributed by atoms with Crippen molar-refractivity contribution in [3.05, 3.63) is 93.7 Å². The van der Waals surface area contributed by atoms with Gasteiger partial charge in [-0.3, -0.25) is 4.79 Å². The van der Waals surface area contributed by atoms with Crippen LogP contribution in [0.2, 0.25) is 0 Å². The monoisotopic (exact) mass is 549 g/mol. The van der Waals surface area contributed by atoms with Gasteiger partial charge in [-0.25, -0.2) is 4.39 Å². The fourth-order valence-electron chi connectivity index (χ4n) is 3.95. The molecule has 1 heterocycles. The van der Waals surface area contributed by atoms with Crippen molar-refractivity contribution >= 4 is 33.6 Å².